The molecule has 1 rings (SSSR count). The van der Waals surface area contributed by atoms with Crippen LogP contribution in [-0.4, -0.2) is 17.3 Å². The molecule has 0 aliphatic heterocycles. The lowest BCUT2D eigenvalue weighted by molar-refractivity contribution is -0.385. The lowest BCUT2D eigenvalue weighted by Gasteiger charge is -2.04. The van der Waals surface area contributed by atoms with E-state index in [0.29, 0.717) is 16.8 Å². The minimum absolute atomic E-state index is 0.0406. The molecule has 1 aromatic rings. The molecular formula is C8H8BrNO3S. The average molecular weight is 278 g/mol. The van der Waals surface area contributed by atoms with E-state index in [-0.39, 0.29) is 11.4 Å². The molecule has 0 amide bonds. The number of halogens is 1. The first kappa shape index (κ1) is 11.3. The highest BCUT2D eigenvalue weighted by Gasteiger charge is 2.14. The van der Waals surface area contributed by atoms with Crippen molar-refractivity contribution < 1.29 is 9.66 Å². The van der Waals surface area contributed by atoms with E-state index in [2.05, 4.69) is 28.6 Å². The Kier molecular flexibility index (Phi) is 4.21. The number of benzene rings is 1. The summed E-state index contributed by atoms with van der Waals surface area (Å²) in [7, 11) is 0. The molecule has 1 aromatic carbocycles. The molecule has 0 radical (unpaired) electrons. The number of thiol groups is 1. The molecular weight excluding hydrogens is 270 g/mol. The van der Waals surface area contributed by atoms with Gasteiger partial charge in [-0.3, -0.25) is 10.1 Å². The first-order chi connectivity index (χ1) is 6.65. The Morgan fingerprint density at radius 3 is 2.86 bits per heavy atom. The summed E-state index contributed by atoms with van der Waals surface area (Å²) in [5.74, 6) is 0.792. The summed E-state index contributed by atoms with van der Waals surface area (Å²) in [6, 6.07) is 4.67. The van der Waals surface area contributed by atoms with Crippen LogP contribution in [0.5, 0.6) is 5.75 Å². The lowest BCUT2D eigenvalue weighted by atomic mass is 10.3. The molecule has 0 N–H and O–H groups in total. The van der Waals surface area contributed by atoms with Crippen molar-refractivity contribution in [3.63, 3.8) is 0 Å². The Bertz CT molecular complexity index is 345. The van der Waals surface area contributed by atoms with Crippen molar-refractivity contribution in [2.45, 2.75) is 0 Å². The minimum Gasteiger partial charge on any atom is -0.486 e. The summed E-state index contributed by atoms with van der Waals surface area (Å²) < 4.78 is 5.82. The molecule has 0 heterocycles. The Morgan fingerprint density at radius 1 is 1.57 bits per heavy atom. The van der Waals surface area contributed by atoms with Crippen LogP contribution in [0.15, 0.2) is 22.7 Å². The number of hydrogen-bond acceptors (Lipinski definition) is 4. The molecule has 0 spiro atoms. The predicted octanol–water partition coefficient (Wildman–Crippen LogP) is 2.67. The van der Waals surface area contributed by atoms with E-state index in [9.17, 15) is 10.1 Å². The van der Waals surface area contributed by atoms with Gasteiger partial charge >= 0.3 is 5.69 Å². The molecule has 76 valence electrons. The molecule has 0 saturated carbocycles. The summed E-state index contributed by atoms with van der Waals surface area (Å²) in [4.78, 5) is 10.1. The maximum atomic E-state index is 10.6. The van der Waals surface area contributed by atoms with Crippen LogP contribution in [-0.2, 0) is 0 Å². The minimum atomic E-state index is -0.474. The Labute approximate surface area is 95.0 Å². The highest BCUT2D eigenvalue weighted by atomic mass is 79.9. The van der Waals surface area contributed by atoms with Crippen molar-refractivity contribution in [1.29, 1.82) is 0 Å². The van der Waals surface area contributed by atoms with Gasteiger partial charge in [-0.25, -0.2) is 0 Å². The highest BCUT2D eigenvalue weighted by molar-refractivity contribution is 9.10. The fraction of sp³-hybridized carbons (Fsp3) is 0.250. The van der Waals surface area contributed by atoms with Gasteiger partial charge in [-0.2, -0.15) is 12.6 Å². The fourth-order valence-corrected chi connectivity index (χ4v) is 1.35. The summed E-state index contributed by atoms with van der Waals surface area (Å²) in [6.45, 7) is 0.353. The van der Waals surface area contributed by atoms with Gasteiger partial charge in [0.15, 0.2) is 5.75 Å². The summed E-state index contributed by atoms with van der Waals surface area (Å²) >= 11 is 7.11. The van der Waals surface area contributed by atoms with Gasteiger partial charge in [0.25, 0.3) is 0 Å². The Balaban J connectivity index is 2.96. The van der Waals surface area contributed by atoms with Crippen molar-refractivity contribution in [1.82, 2.24) is 0 Å². The first-order valence-electron chi connectivity index (χ1n) is 3.82. The number of nitro benzene ring substituents is 1. The Hall–Kier alpha value is -0.750. The molecule has 0 aliphatic rings. The fourth-order valence-electron chi connectivity index (χ4n) is 0.911. The van der Waals surface area contributed by atoms with E-state index in [1.54, 1.807) is 12.1 Å². The maximum Gasteiger partial charge on any atom is 0.312 e. The van der Waals surface area contributed by atoms with Crippen LogP contribution < -0.4 is 4.74 Å². The molecule has 0 aliphatic carbocycles. The number of rotatable bonds is 4. The zero-order valence-corrected chi connectivity index (χ0v) is 9.62. The van der Waals surface area contributed by atoms with Crippen LogP contribution in [0.4, 0.5) is 5.69 Å². The molecule has 0 atom stereocenters. The van der Waals surface area contributed by atoms with Crippen molar-refractivity contribution in [3.8, 4) is 5.75 Å². The van der Waals surface area contributed by atoms with Crippen molar-refractivity contribution in [2.75, 3.05) is 12.4 Å². The van der Waals surface area contributed by atoms with E-state index < -0.39 is 4.92 Å². The number of nitro groups is 1. The third kappa shape index (κ3) is 2.88. The molecule has 0 bridgehead atoms. The first-order valence-corrected chi connectivity index (χ1v) is 5.25. The van der Waals surface area contributed by atoms with Gasteiger partial charge in [0.2, 0.25) is 0 Å². The molecule has 14 heavy (non-hydrogen) atoms. The maximum absolute atomic E-state index is 10.6. The summed E-state index contributed by atoms with van der Waals surface area (Å²) in [5, 5.41) is 10.6. The van der Waals surface area contributed by atoms with Gasteiger partial charge in [0, 0.05) is 16.3 Å². The Morgan fingerprint density at radius 2 is 2.29 bits per heavy atom. The van der Waals surface area contributed by atoms with Crippen LogP contribution in [0.3, 0.4) is 0 Å². The summed E-state index contributed by atoms with van der Waals surface area (Å²) in [6.07, 6.45) is 0. The van der Waals surface area contributed by atoms with E-state index in [1.807, 2.05) is 0 Å². The molecule has 0 fully saturated rings. The smallest absolute Gasteiger partial charge is 0.312 e. The van der Waals surface area contributed by atoms with Gasteiger partial charge < -0.3 is 4.74 Å². The van der Waals surface area contributed by atoms with E-state index in [1.165, 1.54) is 6.07 Å². The third-order valence-electron chi connectivity index (χ3n) is 1.47. The standard InChI is InChI=1S/C8H8BrNO3S/c9-6-1-2-8(13-3-4-14)7(5-6)10(11)12/h1-2,5,14H,3-4H2. The van der Waals surface area contributed by atoms with Crippen LogP contribution in [0.2, 0.25) is 0 Å². The van der Waals surface area contributed by atoms with Gasteiger partial charge in [-0.1, -0.05) is 15.9 Å². The lowest BCUT2D eigenvalue weighted by Crippen LogP contribution is -2.01. The largest absolute Gasteiger partial charge is 0.486 e. The number of nitrogens with zero attached hydrogens (tertiary/aromatic N) is 1. The molecule has 6 heteroatoms. The topological polar surface area (TPSA) is 52.4 Å². The van der Waals surface area contributed by atoms with Gasteiger partial charge in [-0.05, 0) is 12.1 Å². The highest BCUT2D eigenvalue weighted by Crippen LogP contribution is 2.29. The normalized spacial score (nSPS) is 9.86. The third-order valence-corrected chi connectivity index (χ3v) is 2.14. The monoisotopic (exact) mass is 277 g/mol. The molecule has 0 saturated heterocycles. The van der Waals surface area contributed by atoms with Gasteiger partial charge in [-0.15, -0.1) is 0 Å². The average Bonchev–Trinajstić information content (AvgIpc) is 2.15. The van der Waals surface area contributed by atoms with E-state index >= 15 is 0 Å². The van der Waals surface area contributed by atoms with Crippen LogP contribution in [0.25, 0.3) is 0 Å². The second-order valence-corrected chi connectivity index (χ2v) is 3.80. The van der Waals surface area contributed by atoms with Gasteiger partial charge in [0.1, 0.15) is 0 Å². The van der Waals surface area contributed by atoms with Gasteiger partial charge in [0.05, 0.1) is 11.5 Å². The second-order valence-electron chi connectivity index (χ2n) is 2.44. The van der Waals surface area contributed by atoms with Crippen LogP contribution in [0.1, 0.15) is 0 Å². The van der Waals surface area contributed by atoms with E-state index in [0.717, 1.165) is 0 Å². The van der Waals surface area contributed by atoms with Crippen molar-refractivity contribution in [3.05, 3.63) is 32.8 Å². The second kappa shape index (κ2) is 5.21. The van der Waals surface area contributed by atoms with Crippen LogP contribution >= 0.6 is 28.6 Å². The molecule has 0 aromatic heterocycles. The zero-order valence-electron chi connectivity index (χ0n) is 7.14. The molecule has 0 unspecified atom stereocenters. The quantitative estimate of drug-likeness (QED) is 0.523. The molecule has 4 nitrogen and oxygen atoms in total. The zero-order chi connectivity index (χ0) is 10.6. The SMILES string of the molecule is O=[N+]([O-])c1cc(Br)ccc1OCCS. The summed E-state index contributed by atoms with van der Waals surface area (Å²) in [5.41, 5.74) is -0.0406. The number of ether oxygens (including phenoxy) is 1. The van der Waals surface area contributed by atoms with Crippen molar-refractivity contribution >= 4 is 34.2 Å². The predicted molar refractivity (Wildman–Crippen MR) is 60.1 cm³/mol. The number of hydrogen-bond donors (Lipinski definition) is 1. The van der Waals surface area contributed by atoms with Crippen LogP contribution in [0, 0.1) is 10.1 Å². The van der Waals surface area contributed by atoms with Crippen molar-refractivity contribution in [2.24, 2.45) is 0 Å². The van der Waals surface area contributed by atoms with E-state index in [4.69, 9.17) is 4.74 Å².